The second-order valence-electron chi connectivity index (χ2n) is 14.9. The monoisotopic (exact) mass is 690 g/mol. The summed E-state index contributed by atoms with van der Waals surface area (Å²) in [6.45, 7) is 4.70. The molecule has 3 heteroatoms. The molecular formula is C51H34N2O. The molecule has 254 valence electrons. The van der Waals surface area contributed by atoms with Gasteiger partial charge in [0, 0.05) is 32.9 Å². The molecule has 0 fully saturated rings. The molecule has 8 aromatic carbocycles. The van der Waals surface area contributed by atoms with E-state index in [4.69, 9.17) is 14.4 Å². The van der Waals surface area contributed by atoms with Crippen LogP contribution in [0.3, 0.4) is 0 Å². The van der Waals surface area contributed by atoms with Crippen molar-refractivity contribution in [3.05, 3.63) is 181 Å². The van der Waals surface area contributed by atoms with Crippen LogP contribution in [0.25, 0.3) is 99.6 Å². The first-order valence-electron chi connectivity index (χ1n) is 18.6. The van der Waals surface area contributed by atoms with Gasteiger partial charge in [-0.25, -0.2) is 9.97 Å². The third kappa shape index (κ3) is 4.61. The summed E-state index contributed by atoms with van der Waals surface area (Å²) >= 11 is 0. The zero-order chi connectivity index (χ0) is 36.0. The van der Waals surface area contributed by atoms with Gasteiger partial charge in [0.25, 0.3) is 0 Å². The third-order valence-electron chi connectivity index (χ3n) is 11.5. The largest absolute Gasteiger partial charge is 0.456 e. The van der Waals surface area contributed by atoms with E-state index >= 15 is 0 Å². The summed E-state index contributed by atoms with van der Waals surface area (Å²) < 4.78 is 6.29. The zero-order valence-electron chi connectivity index (χ0n) is 30.0. The van der Waals surface area contributed by atoms with Gasteiger partial charge in [0.15, 0.2) is 5.82 Å². The maximum atomic E-state index is 6.29. The number of nitrogens with zero attached hydrogens (tertiary/aromatic N) is 2. The maximum Gasteiger partial charge on any atom is 0.161 e. The molecule has 0 radical (unpaired) electrons. The minimum atomic E-state index is -0.0783. The molecule has 1 aliphatic rings. The molecule has 0 atom stereocenters. The van der Waals surface area contributed by atoms with Gasteiger partial charge < -0.3 is 4.42 Å². The minimum absolute atomic E-state index is 0.0783. The average Bonchev–Trinajstić information content (AvgIpc) is 3.71. The molecule has 0 saturated carbocycles. The molecule has 1 aliphatic carbocycles. The molecule has 54 heavy (non-hydrogen) atoms. The molecule has 0 aliphatic heterocycles. The van der Waals surface area contributed by atoms with Gasteiger partial charge in [-0.2, -0.15) is 0 Å². The normalized spacial score (nSPS) is 13.1. The predicted octanol–water partition coefficient (Wildman–Crippen LogP) is 13.7. The predicted molar refractivity (Wildman–Crippen MR) is 224 cm³/mol. The molecule has 2 aromatic heterocycles. The molecule has 0 saturated heterocycles. The highest BCUT2D eigenvalue weighted by Crippen LogP contribution is 2.51. The van der Waals surface area contributed by atoms with Crippen LogP contribution in [0.15, 0.2) is 174 Å². The smallest absolute Gasteiger partial charge is 0.161 e. The van der Waals surface area contributed by atoms with Crippen molar-refractivity contribution in [3.63, 3.8) is 0 Å². The molecule has 3 nitrogen and oxygen atoms in total. The van der Waals surface area contributed by atoms with Gasteiger partial charge in [-0.05, 0) is 97.4 Å². The first-order chi connectivity index (χ1) is 26.5. The summed E-state index contributed by atoms with van der Waals surface area (Å²) in [4.78, 5) is 10.6. The number of aromatic nitrogens is 2. The van der Waals surface area contributed by atoms with Crippen LogP contribution in [0.5, 0.6) is 0 Å². The van der Waals surface area contributed by atoms with Crippen LogP contribution >= 0.6 is 0 Å². The van der Waals surface area contributed by atoms with E-state index in [1.54, 1.807) is 0 Å². The van der Waals surface area contributed by atoms with Crippen molar-refractivity contribution < 1.29 is 4.42 Å². The molecular weight excluding hydrogens is 657 g/mol. The quantitative estimate of drug-likeness (QED) is 0.184. The summed E-state index contributed by atoms with van der Waals surface area (Å²) in [6, 6.07) is 60.6. The van der Waals surface area contributed by atoms with Crippen molar-refractivity contribution in [2.75, 3.05) is 0 Å². The fraction of sp³-hybridized carbons (Fsp3) is 0.0588. The molecule has 10 aromatic rings. The van der Waals surface area contributed by atoms with Crippen molar-refractivity contribution >= 4 is 43.5 Å². The summed E-state index contributed by atoms with van der Waals surface area (Å²) in [7, 11) is 0. The lowest BCUT2D eigenvalue weighted by molar-refractivity contribution is 0.661. The fourth-order valence-corrected chi connectivity index (χ4v) is 8.80. The second-order valence-corrected chi connectivity index (χ2v) is 14.9. The van der Waals surface area contributed by atoms with Crippen LogP contribution in [0.1, 0.15) is 25.0 Å². The number of furan rings is 1. The Morgan fingerprint density at radius 1 is 0.407 bits per heavy atom. The van der Waals surface area contributed by atoms with E-state index in [2.05, 4.69) is 153 Å². The average molecular weight is 691 g/mol. The number of hydrogen-bond acceptors (Lipinski definition) is 3. The van der Waals surface area contributed by atoms with Crippen molar-refractivity contribution in [2.45, 2.75) is 19.3 Å². The van der Waals surface area contributed by atoms with Crippen LogP contribution < -0.4 is 0 Å². The highest BCUT2D eigenvalue weighted by molar-refractivity contribution is 6.12. The Morgan fingerprint density at radius 3 is 1.89 bits per heavy atom. The lowest BCUT2D eigenvalue weighted by Gasteiger charge is -2.22. The fourth-order valence-electron chi connectivity index (χ4n) is 8.80. The van der Waals surface area contributed by atoms with Gasteiger partial charge in [0.05, 0.1) is 11.4 Å². The van der Waals surface area contributed by atoms with Gasteiger partial charge in [-0.15, -0.1) is 0 Å². The van der Waals surface area contributed by atoms with E-state index in [1.807, 2.05) is 30.3 Å². The Labute approximate surface area is 313 Å². The lowest BCUT2D eigenvalue weighted by Crippen LogP contribution is -2.14. The van der Waals surface area contributed by atoms with Crippen LogP contribution in [-0.2, 0) is 5.41 Å². The maximum absolute atomic E-state index is 6.29. The highest BCUT2D eigenvalue weighted by atomic mass is 16.3. The summed E-state index contributed by atoms with van der Waals surface area (Å²) in [5, 5.41) is 6.98. The number of rotatable bonds is 4. The Morgan fingerprint density at radius 2 is 1.06 bits per heavy atom. The van der Waals surface area contributed by atoms with Crippen molar-refractivity contribution in [3.8, 4) is 56.2 Å². The van der Waals surface area contributed by atoms with Gasteiger partial charge in [-0.1, -0.05) is 141 Å². The third-order valence-corrected chi connectivity index (χ3v) is 11.5. The molecule has 2 heterocycles. The Hall–Kier alpha value is -6.84. The summed E-state index contributed by atoms with van der Waals surface area (Å²) in [5.41, 5.74) is 14.2. The van der Waals surface area contributed by atoms with E-state index in [9.17, 15) is 0 Å². The van der Waals surface area contributed by atoms with Crippen molar-refractivity contribution in [1.82, 2.24) is 9.97 Å². The second kappa shape index (κ2) is 11.6. The van der Waals surface area contributed by atoms with Crippen LogP contribution in [0.4, 0.5) is 0 Å². The Bertz CT molecular complexity index is 3130. The van der Waals surface area contributed by atoms with Crippen LogP contribution in [0.2, 0.25) is 0 Å². The highest BCUT2D eigenvalue weighted by Gasteiger charge is 2.36. The SMILES string of the molecule is CC1(C)c2ccc(-c3ccc(-c4nc(-c5ccccc5)cc(-c5cccc6oc7ccccc7c56)n4)c4ccccc34)cc2-c2cc3ccccc3cc21. The van der Waals surface area contributed by atoms with Crippen molar-refractivity contribution in [1.29, 1.82) is 0 Å². The first kappa shape index (κ1) is 30.8. The molecule has 0 unspecified atom stereocenters. The molecule has 0 bridgehead atoms. The van der Waals surface area contributed by atoms with Crippen LogP contribution in [0, 0.1) is 0 Å². The molecule has 0 spiro atoms. The molecule has 11 rings (SSSR count). The zero-order valence-corrected chi connectivity index (χ0v) is 30.0. The molecule has 0 N–H and O–H groups in total. The van der Waals surface area contributed by atoms with Gasteiger partial charge in [0.2, 0.25) is 0 Å². The standard InChI is InChI=1S/C51H34N2O/c1-51(2)43-26-23-34(28-41(43)42-27-32-15-6-7-16-33(32)29-44(42)51)35-24-25-38(37-18-9-8-17-36(35)37)50-52-45(31-13-4-3-5-14-31)30-46(53-50)39-20-12-22-48-49(39)40-19-10-11-21-47(40)54-48/h3-30H,1-2H3. The summed E-state index contributed by atoms with van der Waals surface area (Å²) in [6.07, 6.45) is 0. The Kier molecular flexibility index (Phi) is 6.60. The number of hydrogen-bond donors (Lipinski definition) is 0. The lowest BCUT2D eigenvalue weighted by atomic mass is 9.81. The number of para-hydroxylation sites is 1. The Balaban J connectivity index is 1.10. The van der Waals surface area contributed by atoms with E-state index < -0.39 is 0 Å². The van der Waals surface area contributed by atoms with Crippen molar-refractivity contribution in [2.24, 2.45) is 0 Å². The van der Waals surface area contributed by atoms with E-state index in [0.717, 1.165) is 55.4 Å². The summed E-state index contributed by atoms with van der Waals surface area (Å²) in [5.74, 6) is 0.690. The first-order valence-corrected chi connectivity index (χ1v) is 18.6. The van der Waals surface area contributed by atoms with Gasteiger partial charge >= 0.3 is 0 Å². The van der Waals surface area contributed by atoms with E-state index in [0.29, 0.717) is 5.82 Å². The number of benzene rings is 8. The van der Waals surface area contributed by atoms with E-state index in [1.165, 1.54) is 49.5 Å². The topological polar surface area (TPSA) is 38.9 Å². The molecule has 0 amide bonds. The van der Waals surface area contributed by atoms with Gasteiger partial charge in [-0.3, -0.25) is 0 Å². The van der Waals surface area contributed by atoms with Gasteiger partial charge in [0.1, 0.15) is 11.2 Å². The number of fused-ring (bicyclic) bond motifs is 8. The van der Waals surface area contributed by atoms with Crippen LogP contribution in [-0.4, -0.2) is 9.97 Å². The minimum Gasteiger partial charge on any atom is -0.456 e. The van der Waals surface area contributed by atoms with E-state index in [-0.39, 0.29) is 5.41 Å².